The first kappa shape index (κ1) is 13.2. The molecule has 1 N–H and O–H groups in total. The average molecular weight is 254 g/mol. The van der Waals surface area contributed by atoms with Gasteiger partial charge in [-0.1, -0.05) is 24.6 Å². The van der Waals surface area contributed by atoms with Crippen LogP contribution < -0.4 is 5.32 Å². The van der Waals surface area contributed by atoms with Crippen molar-refractivity contribution in [2.75, 3.05) is 5.32 Å². The smallest absolute Gasteiger partial charge is 0.156 e. The molecule has 1 heterocycles. The average Bonchev–Trinajstić information content (AvgIpc) is 2.87. The van der Waals surface area contributed by atoms with Crippen LogP contribution in [0, 0.1) is 18.3 Å². The number of imidazole rings is 1. The van der Waals surface area contributed by atoms with Crippen LogP contribution in [-0.4, -0.2) is 9.55 Å². The Morgan fingerprint density at radius 1 is 1.37 bits per heavy atom. The number of aromatic nitrogens is 2. The fraction of sp³-hybridized carbons (Fsp3) is 0.333. The lowest BCUT2D eigenvalue weighted by molar-refractivity contribution is 0.640. The topological polar surface area (TPSA) is 53.6 Å². The van der Waals surface area contributed by atoms with Gasteiger partial charge in [-0.3, -0.25) is 0 Å². The molecule has 4 heteroatoms. The second-order valence-corrected chi connectivity index (χ2v) is 4.58. The summed E-state index contributed by atoms with van der Waals surface area (Å²) in [5.41, 5.74) is 3.06. The van der Waals surface area contributed by atoms with Crippen LogP contribution in [0.25, 0.3) is 0 Å². The van der Waals surface area contributed by atoms with Crippen LogP contribution in [0.3, 0.4) is 0 Å². The molecule has 0 amide bonds. The number of anilines is 1. The minimum absolute atomic E-state index is 0.378. The van der Waals surface area contributed by atoms with Crippen LogP contribution in [-0.2, 0) is 6.54 Å². The molecule has 0 aliphatic heterocycles. The molecular formula is C15H18N4. The van der Waals surface area contributed by atoms with Crippen molar-refractivity contribution in [1.82, 2.24) is 9.55 Å². The SMILES string of the molecule is CCCn1cncc1C(C#N)Nc1ccc(C)cc1. The number of hydrogen-bond donors (Lipinski definition) is 1. The van der Waals surface area contributed by atoms with Crippen molar-refractivity contribution in [3.8, 4) is 6.07 Å². The Balaban J connectivity index is 2.18. The highest BCUT2D eigenvalue weighted by molar-refractivity contribution is 5.47. The molecule has 19 heavy (non-hydrogen) atoms. The highest BCUT2D eigenvalue weighted by Gasteiger charge is 2.14. The molecule has 0 saturated heterocycles. The van der Waals surface area contributed by atoms with Crippen LogP contribution >= 0.6 is 0 Å². The lowest BCUT2D eigenvalue weighted by atomic mass is 10.2. The van der Waals surface area contributed by atoms with E-state index in [2.05, 4.69) is 23.3 Å². The molecule has 98 valence electrons. The summed E-state index contributed by atoms with van der Waals surface area (Å²) < 4.78 is 2.02. The van der Waals surface area contributed by atoms with Crippen LogP contribution in [0.5, 0.6) is 0 Å². The summed E-state index contributed by atoms with van der Waals surface area (Å²) in [6, 6.07) is 9.94. The molecule has 0 saturated carbocycles. The van der Waals surface area contributed by atoms with Crippen molar-refractivity contribution < 1.29 is 0 Å². The minimum Gasteiger partial charge on any atom is -0.365 e. The lowest BCUT2D eigenvalue weighted by Gasteiger charge is -2.15. The van der Waals surface area contributed by atoms with Gasteiger partial charge in [0.2, 0.25) is 0 Å². The van der Waals surface area contributed by atoms with Crippen LogP contribution in [0.2, 0.25) is 0 Å². The molecule has 0 aliphatic rings. The van der Waals surface area contributed by atoms with Crippen LogP contribution in [0.1, 0.15) is 30.6 Å². The van der Waals surface area contributed by atoms with Crippen molar-refractivity contribution in [2.24, 2.45) is 0 Å². The fourth-order valence-electron chi connectivity index (χ4n) is 1.99. The van der Waals surface area contributed by atoms with Gasteiger partial charge in [-0.05, 0) is 25.5 Å². The van der Waals surface area contributed by atoms with Crippen molar-refractivity contribution in [2.45, 2.75) is 32.9 Å². The predicted molar refractivity (Wildman–Crippen MR) is 75.7 cm³/mol. The zero-order chi connectivity index (χ0) is 13.7. The summed E-state index contributed by atoms with van der Waals surface area (Å²) in [5.74, 6) is 0. The van der Waals surface area contributed by atoms with Gasteiger partial charge >= 0.3 is 0 Å². The Labute approximate surface area is 113 Å². The number of nitrogens with zero attached hydrogens (tertiary/aromatic N) is 3. The van der Waals surface area contributed by atoms with Crippen molar-refractivity contribution >= 4 is 5.69 Å². The van der Waals surface area contributed by atoms with Gasteiger partial charge in [0.15, 0.2) is 6.04 Å². The summed E-state index contributed by atoms with van der Waals surface area (Å²) in [7, 11) is 0. The van der Waals surface area contributed by atoms with E-state index in [9.17, 15) is 5.26 Å². The molecule has 1 unspecified atom stereocenters. The van der Waals surface area contributed by atoms with Crippen molar-refractivity contribution in [3.05, 3.63) is 48.0 Å². The standard InChI is InChI=1S/C15H18N4/c1-3-8-19-11-17-10-15(19)14(9-16)18-13-6-4-12(2)5-7-13/h4-7,10-11,14,18H,3,8H2,1-2H3. The molecular weight excluding hydrogens is 236 g/mol. The molecule has 2 aromatic rings. The molecule has 0 radical (unpaired) electrons. The first-order valence-electron chi connectivity index (χ1n) is 6.47. The van der Waals surface area contributed by atoms with Gasteiger partial charge in [-0.25, -0.2) is 4.98 Å². The van der Waals surface area contributed by atoms with Gasteiger partial charge in [0.05, 0.1) is 24.3 Å². The molecule has 1 aromatic heterocycles. The van der Waals surface area contributed by atoms with E-state index in [4.69, 9.17) is 0 Å². The maximum atomic E-state index is 9.35. The lowest BCUT2D eigenvalue weighted by Crippen LogP contribution is -2.13. The molecule has 2 rings (SSSR count). The van der Waals surface area contributed by atoms with Crippen molar-refractivity contribution in [3.63, 3.8) is 0 Å². The van der Waals surface area contributed by atoms with Gasteiger partial charge in [0.25, 0.3) is 0 Å². The monoisotopic (exact) mass is 254 g/mol. The minimum atomic E-state index is -0.378. The van der Waals surface area contributed by atoms with E-state index < -0.39 is 0 Å². The number of nitrogens with one attached hydrogen (secondary N) is 1. The molecule has 0 aliphatic carbocycles. The number of rotatable bonds is 5. The maximum absolute atomic E-state index is 9.35. The zero-order valence-electron chi connectivity index (χ0n) is 11.3. The summed E-state index contributed by atoms with van der Waals surface area (Å²) in [6.45, 7) is 5.03. The number of aryl methyl sites for hydroxylation is 2. The number of hydrogen-bond acceptors (Lipinski definition) is 3. The third-order valence-electron chi connectivity index (χ3n) is 3.00. The molecule has 1 atom stereocenters. The van der Waals surface area contributed by atoms with E-state index >= 15 is 0 Å². The zero-order valence-corrected chi connectivity index (χ0v) is 11.3. The van der Waals surface area contributed by atoms with Crippen LogP contribution in [0.15, 0.2) is 36.8 Å². The quantitative estimate of drug-likeness (QED) is 0.890. The van der Waals surface area contributed by atoms with Crippen LogP contribution in [0.4, 0.5) is 5.69 Å². The second kappa shape index (κ2) is 6.05. The van der Waals surface area contributed by atoms with Crippen molar-refractivity contribution in [1.29, 1.82) is 5.26 Å². The van der Waals surface area contributed by atoms with E-state index in [1.54, 1.807) is 12.5 Å². The second-order valence-electron chi connectivity index (χ2n) is 4.58. The molecule has 4 nitrogen and oxygen atoms in total. The van der Waals surface area contributed by atoms with E-state index in [1.807, 2.05) is 35.8 Å². The summed E-state index contributed by atoms with van der Waals surface area (Å²) in [5, 5.41) is 12.6. The summed E-state index contributed by atoms with van der Waals surface area (Å²) >= 11 is 0. The highest BCUT2D eigenvalue weighted by atomic mass is 15.1. The van der Waals surface area contributed by atoms with Gasteiger partial charge in [0.1, 0.15) is 0 Å². The molecule has 1 aromatic carbocycles. The van der Waals surface area contributed by atoms with E-state index in [0.29, 0.717) is 0 Å². The predicted octanol–water partition coefficient (Wildman–Crippen LogP) is 3.28. The van der Waals surface area contributed by atoms with Gasteiger partial charge in [-0.15, -0.1) is 0 Å². The highest BCUT2D eigenvalue weighted by Crippen LogP contribution is 2.19. The van der Waals surface area contributed by atoms with Gasteiger partial charge in [0, 0.05) is 12.2 Å². The summed E-state index contributed by atoms with van der Waals surface area (Å²) in [4.78, 5) is 4.14. The Morgan fingerprint density at radius 3 is 2.74 bits per heavy atom. The summed E-state index contributed by atoms with van der Waals surface area (Å²) in [6.07, 6.45) is 4.55. The molecule has 0 spiro atoms. The third-order valence-corrected chi connectivity index (χ3v) is 3.00. The fourth-order valence-corrected chi connectivity index (χ4v) is 1.99. The van der Waals surface area contributed by atoms with Gasteiger partial charge in [-0.2, -0.15) is 5.26 Å². The first-order valence-corrected chi connectivity index (χ1v) is 6.47. The first-order chi connectivity index (χ1) is 9.24. The van der Waals surface area contributed by atoms with E-state index in [0.717, 1.165) is 24.3 Å². The third kappa shape index (κ3) is 3.14. The molecule has 0 fully saturated rings. The normalized spacial score (nSPS) is 11.8. The Bertz CT molecular complexity index is 563. The van der Waals surface area contributed by atoms with E-state index in [1.165, 1.54) is 5.56 Å². The number of nitriles is 1. The Hall–Kier alpha value is -2.28. The number of benzene rings is 1. The van der Waals surface area contributed by atoms with E-state index in [-0.39, 0.29) is 6.04 Å². The largest absolute Gasteiger partial charge is 0.365 e. The molecule has 0 bridgehead atoms. The Morgan fingerprint density at radius 2 is 2.11 bits per heavy atom. The Kier molecular flexibility index (Phi) is 4.19. The maximum Gasteiger partial charge on any atom is 0.156 e. The van der Waals surface area contributed by atoms with Gasteiger partial charge < -0.3 is 9.88 Å².